The summed E-state index contributed by atoms with van der Waals surface area (Å²) in [6.45, 7) is 3.88. The molecule has 0 spiro atoms. The Morgan fingerprint density at radius 1 is 1.22 bits per heavy atom. The van der Waals surface area contributed by atoms with Gasteiger partial charge in [0.1, 0.15) is 11.9 Å². The zero-order chi connectivity index (χ0) is 16.1. The first kappa shape index (κ1) is 19.4. The van der Waals surface area contributed by atoms with Crippen LogP contribution in [0.15, 0.2) is 24.3 Å². The lowest BCUT2D eigenvalue weighted by atomic mass is 10.1. The van der Waals surface area contributed by atoms with E-state index in [9.17, 15) is 14.0 Å². The zero-order valence-electron chi connectivity index (χ0n) is 13.1. The largest absolute Gasteiger partial charge is 0.480 e. The van der Waals surface area contributed by atoms with Crippen molar-refractivity contribution in [1.82, 2.24) is 9.80 Å². The third-order valence-corrected chi connectivity index (χ3v) is 4.08. The van der Waals surface area contributed by atoms with Gasteiger partial charge in [0.15, 0.2) is 0 Å². The lowest BCUT2D eigenvalue weighted by molar-refractivity contribution is -0.144. The standard InChI is InChI=1S/C16H21FN2O3.ClH/c1-2-14(16(21)22)18-7-9-19(10-8-18)15(20)11-12-5-3-4-6-13(12)17;/h3-6,14H,2,7-11H2,1H3,(H,21,22);1H. The van der Waals surface area contributed by atoms with E-state index in [0.717, 1.165) is 0 Å². The van der Waals surface area contributed by atoms with Crippen LogP contribution in [-0.2, 0) is 16.0 Å². The van der Waals surface area contributed by atoms with Gasteiger partial charge in [-0.05, 0) is 18.1 Å². The summed E-state index contributed by atoms with van der Waals surface area (Å²) in [6.07, 6.45) is 0.585. The summed E-state index contributed by atoms with van der Waals surface area (Å²) in [5, 5.41) is 9.16. The molecule has 1 N–H and O–H groups in total. The van der Waals surface area contributed by atoms with Crippen LogP contribution in [0, 0.1) is 5.82 Å². The molecule has 0 bridgehead atoms. The topological polar surface area (TPSA) is 60.9 Å². The SMILES string of the molecule is CCC(C(=O)O)N1CCN(C(=O)Cc2ccccc2F)CC1.Cl. The van der Waals surface area contributed by atoms with E-state index < -0.39 is 12.0 Å². The Bertz CT molecular complexity index is 548. The molecule has 2 rings (SSSR count). The van der Waals surface area contributed by atoms with Crippen molar-refractivity contribution in [2.24, 2.45) is 0 Å². The number of nitrogens with zero attached hydrogens (tertiary/aromatic N) is 2. The summed E-state index contributed by atoms with van der Waals surface area (Å²) in [6, 6.07) is 5.77. The normalized spacial score (nSPS) is 16.5. The minimum absolute atomic E-state index is 0. The summed E-state index contributed by atoms with van der Waals surface area (Å²) in [4.78, 5) is 26.9. The van der Waals surface area contributed by atoms with E-state index in [1.807, 2.05) is 11.8 Å². The highest BCUT2D eigenvalue weighted by Crippen LogP contribution is 2.13. The van der Waals surface area contributed by atoms with Crippen LogP contribution >= 0.6 is 12.4 Å². The minimum atomic E-state index is -0.825. The highest BCUT2D eigenvalue weighted by Gasteiger charge is 2.29. The molecule has 0 radical (unpaired) electrons. The second kappa shape index (κ2) is 8.84. The Morgan fingerprint density at radius 2 is 1.83 bits per heavy atom. The molecule has 1 aliphatic rings. The van der Waals surface area contributed by atoms with E-state index in [1.165, 1.54) is 6.07 Å². The first-order valence-electron chi connectivity index (χ1n) is 7.51. The molecule has 23 heavy (non-hydrogen) atoms. The van der Waals surface area contributed by atoms with E-state index >= 15 is 0 Å². The second-order valence-electron chi connectivity index (χ2n) is 5.45. The Labute approximate surface area is 141 Å². The van der Waals surface area contributed by atoms with Gasteiger partial charge >= 0.3 is 5.97 Å². The van der Waals surface area contributed by atoms with Crippen LogP contribution in [-0.4, -0.2) is 59.0 Å². The molecule has 1 atom stereocenters. The molecule has 7 heteroatoms. The van der Waals surface area contributed by atoms with Gasteiger partial charge in [0.2, 0.25) is 5.91 Å². The van der Waals surface area contributed by atoms with Crippen LogP contribution < -0.4 is 0 Å². The molecular weight excluding hydrogens is 323 g/mol. The second-order valence-corrected chi connectivity index (χ2v) is 5.45. The minimum Gasteiger partial charge on any atom is -0.480 e. The van der Waals surface area contributed by atoms with Gasteiger partial charge in [0.25, 0.3) is 0 Å². The average Bonchev–Trinajstić information content (AvgIpc) is 2.50. The highest BCUT2D eigenvalue weighted by atomic mass is 35.5. The number of carbonyl (C=O) groups is 2. The van der Waals surface area contributed by atoms with Crippen LogP contribution in [0.1, 0.15) is 18.9 Å². The molecule has 1 aromatic rings. The molecule has 1 amide bonds. The summed E-state index contributed by atoms with van der Waals surface area (Å²) in [5.41, 5.74) is 0.395. The van der Waals surface area contributed by atoms with Crippen molar-refractivity contribution in [3.63, 3.8) is 0 Å². The van der Waals surface area contributed by atoms with Gasteiger partial charge in [-0.15, -0.1) is 12.4 Å². The smallest absolute Gasteiger partial charge is 0.320 e. The molecule has 1 fully saturated rings. The van der Waals surface area contributed by atoms with E-state index in [2.05, 4.69) is 0 Å². The molecule has 1 unspecified atom stereocenters. The van der Waals surface area contributed by atoms with Crippen LogP contribution in [0.3, 0.4) is 0 Å². The Morgan fingerprint density at radius 3 is 2.35 bits per heavy atom. The number of carboxylic acid groups (broad SMARTS) is 1. The third kappa shape index (κ3) is 4.91. The van der Waals surface area contributed by atoms with Crippen molar-refractivity contribution in [2.45, 2.75) is 25.8 Å². The summed E-state index contributed by atoms with van der Waals surface area (Å²) in [7, 11) is 0. The number of rotatable bonds is 5. The Hall–Kier alpha value is -1.66. The maximum Gasteiger partial charge on any atom is 0.320 e. The predicted molar refractivity (Wildman–Crippen MR) is 87.2 cm³/mol. The van der Waals surface area contributed by atoms with Crippen molar-refractivity contribution in [3.05, 3.63) is 35.6 Å². The van der Waals surface area contributed by atoms with Crippen LogP contribution in [0.25, 0.3) is 0 Å². The van der Waals surface area contributed by atoms with E-state index in [4.69, 9.17) is 5.11 Å². The number of amides is 1. The Balaban J connectivity index is 0.00000264. The van der Waals surface area contributed by atoms with Crippen molar-refractivity contribution >= 4 is 24.3 Å². The van der Waals surface area contributed by atoms with Crippen LogP contribution in [0.5, 0.6) is 0 Å². The van der Waals surface area contributed by atoms with Gasteiger partial charge in [-0.2, -0.15) is 0 Å². The van der Waals surface area contributed by atoms with Gasteiger partial charge in [0.05, 0.1) is 6.42 Å². The summed E-state index contributed by atoms with van der Waals surface area (Å²) < 4.78 is 13.6. The van der Waals surface area contributed by atoms with Crippen LogP contribution in [0.2, 0.25) is 0 Å². The third-order valence-electron chi connectivity index (χ3n) is 4.08. The molecule has 0 aliphatic carbocycles. The summed E-state index contributed by atoms with van der Waals surface area (Å²) in [5.74, 6) is -1.31. The molecule has 1 aliphatic heterocycles. The number of halogens is 2. The lowest BCUT2D eigenvalue weighted by Gasteiger charge is -2.37. The highest BCUT2D eigenvalue weighted by molar-refractivity contribution is 5.85. The fourth-order valence-corrected chi connectivity index (χ4v) is 2.79. The molecule has 5 nitrogen and oxygen atoms in total. The number of piperazine rings is 1. The van der Waals surface area contributed by atoms with E-state index in [0.29, 0.717) is 38.2 Å². The molecule has 0 saturated carbocycles. The molecule has 0 aromatic heterocycles. The van der Waals surface area contributed by atoms with Gasteiger partial charge in [-0.1, -0.05) is 25.1 Å². The Kier molecular flexibility index (Phi) is 7.45. The summed E-state index contributed by atoms with van der Waals surface area (Å²) >= 11 is 0. The molecule has 128 valence electrons. The zero-order valence-corrected chi connectivity index (χ0v) is 13.9. The monoisotopic (exact) mass is 344 g/mol. The maximum atomic E-state index is 13.6. The molecule has 1 heterocycles. The van der Waals surface area contributed by atoms with Crippen molar-refractivity contribution in [1.29, 1.82) is 0 Å². The first-order valence-corrected chi connectivity index (χ1v) is 7.51. The van der Waals surface area contributed by atoms with E-state index in [-0.39, 0.29) is 30.6 Å². The lowest BCUT2D eigenvalue weighted by Crippen LogP contribution is -2.54. The van der Waals surface area contributed by atoms with Gasteiger partial charge in [0, 0.05) is 26.2 Å². The number of benzene rings is 1. The quantitative estimate of drug-likeness (QED) is 0.884. The molecular formula is C16H22ClFN2O3. The number of aliphatic carboxylic acids is 1. The fraction of sp³-hybridized carbons (Fsp3) is 0.500. The number of carbonyl (C=O) groups excluding carboxylic acids is 1. The van der Waals surface area contributed by atoms with Crippen molar-refractivity contribution in [2.75, 3.05) is 26.2 Å². The predicted octanol–water partition coefficient (Wildman–Crippen LogP) is 1.80. The average molecular weight is 345 g/mol. The fourth-order valence-electron chi connectivity index (χ4n) is 2.79. The van der Waals surface area contributed by atoms with Crippen molar-refractivity contribution in [3.8, 4) is 0 Å². The molecule has 1 saturated heterocycles. The van der Waals surface area contributed by atoms with E-state index in [1.54, 1.807) is 23.1 Å². The first-order chi connectivity index (χ1) is 10.5. The van der Waals surface area contributed by atoms with Crippen molar-refractivity contribution < 1.29 is 19.1 Å². The van der Waals surface area contributed by atoms with Gasteiger partial charge in [-0.3, -0.25) is 14.5 Å². The maximum absolute atomic E-state index is 13.6. The van der Waals surface area contributed by atoms with Crippen LogP contribution in [0.4, 0.5) is 4.39 Å². The number of hydrogen-bond donors (Lipinski definition) is 1. The number of hydrogen-bond acceptors (Lipinski definition) is 3. The number of carboxylic acids is 1. The molecule has 1 aromatic carbocycles. The van der Waals surface area contributed by atoms with Gasteiger partial charge in [-0.25, -0.2) is 4.39 Å². The van der Waals surface area contributed by atoms with Gasteiger partial charge < -0.3 is 10.0 Å².